The minimum Gasteiger partial charge on any atom is -0.327 e. The zero-order valence-electron chi connectivity index (χ0n) is 8.16. The van der Waals surface area contributed by atoms with Gasteiger partial charge < -0.3 is 5.73 Å². The van der Waals surface area contributed by atoms with Crippen LogP contribution in [0.25, 0.3) is 0 Å². The van der Waals surface area contributed by atoms with Crippen molar-refractivity contribution in [1.82, 2.24) is 0 Å². The quantitative estimate of drug-likeness (QED) is 0.749. The first-order chi connectivity index (χ1) is 6.25. The molecule has 2 N–H and O–H groups in total. The van der Waals surface area contributed by atoms with E-state index in [1.54, 1.807) is 0 Å². The fraction of sp³-hybridized carbons (Fsp3) is 0.500. The summed E-state index contributed by atoms with van der Waals surface area (Å²) in [4.78, 5) is 0. The van der Waals surface area contributed by atoms with E-state index in [1.807, 2.05) is 0 Å². The first-order valence-corrected chi connectivity index (χ1v) is 5.07. The Morgan fingerprint density at radius 2 is 1.92 bits per heavy atom. The van der Waals surface area contributed by atoms with Gasteiger partial charge in [0.25, 0.3) is 0 Å². The molecule has 1 nitrogen and oxygen atoms in total. The third-order valence-electron chi connectivity index (χ3n) is 2.82. The Morgan fingerprint density at radius 3 is 2.46 bits per heavy atom. The van der Waals surface area contributed by atoms with Crippen molar-refractivity contribution in [2.24, 2.45) is 11.7 Å². The highest BCUT2D eigenvalue weighted by molar-refractivity contribution is 5.22. The van der Waals surface area contributed by atoms with Crippen LogP contribution in [0.15, 0.2) is 24.3 Å². The van der Waals surface area contributed by atoms with Gasteiger partial charge in [0.15, 0.2) is 0 Å². The van der Waals surface area contributed by atoms with Crippen molar-refractivity contribution in [3.05, 3.63) is 35.4 Å². The number of hydrogen-bond acceptors (Lipinski definition) is 1. The number of rotatable bonds is 3. The molecule has 1 aliphatic carbocycles. The van der Waals surface area contributed by atoms with Crippen molar-refractivity contribution < 1.29 is 0 Å². The van der Waals surface area contributed by atoms with Gasteiger partial charge in [0.2, 0.25) is 0 Å². The van der Waals surface area contributed by atoms with E-state index in [0.29, 0.717) is 6.04 Å². The summed E-state index contributed by atoms with van der Waals surface area (Å²) in [6.07, 6.45) is 3.73. The van der Waals surface area contributed by atoms with Crippen LogP contribution in [0, 0.1) is 12.8 Å². The summed E-state index contributed by atoms with van der Waals surface area (Å²) < 4.78 is 0. The Labute approximate surface area is 80.0 Å². The highest BCUT2D eigenvalue weighted by Gasteiger charge is 2.28. The fourth-order valence-electron chi connectivity index (χ4n) is 1.69. The first kappa shape index (κ1) is 8.76. The molecule has 1 aromatic rings. The predicted molar refractivity (Wildman–Crippen MR) is 55.6 cm³/mol. The SMILES string of the molecule is Cc1ccc(CC(N)C2CC2)cc1. The summed E-state index contributed by atoms with van der Waals surface area (Å²) in [5.74, 6) is 0.807. The molecule has 0 heterocycles. The molecule has 1 aromatic carbocycles. The number of aryl methyl sites for hydroxylation is 1. The third kappa shape index (κ3) is 2.31. The maximum absolute atomic E-state index is 6.05. The molecule has 1 fully saturated rings. The van der Waals surface area contributed by atoms with E-state index in [-0.39, 0.29) is 0 Å². The molecule has 1 unspecified atom stereocenters. The van der Waals surface area contributed by atoms with Gasteiger partial charge in [0.05, 0.1) is 0 Å². The topological polar surface area (TPSA) is 26.0 Å². The zero-order chi connectivity index (χ0) is 9.26. The van der Waals surface area contributed by atoms with Crippen LogP contribution in [0.2, 0.25) is 0 Å². The number of nitrogens with two attached hydrogens (primary N) is 1. The lowest BCUT2D eigenvalue weighted by atomic mass is 10.0. The van der Waals surface area contributed by atoms with Crippen LogP contribution in [-0.4, -0.2) is 6.04 Å². The Bertz CT molecular complexity index is 272. The second-order valence-corrected chi connectivity index (χ2v) is 4.19. The Hall–Kier alpha value is -0.820. The van der Waals surface area contributed by atoms with Crippen molar-refractivity contribution >= 4 is 0 Å². The second-order valence-electron chi connectivity index (χ2n) is 4.19. The summed E-state index contributed by atoms with van der Waals surface area (Å²) in [5, 5.41) is 0. The van der Waals surface area contributed by atoms with Gasteiger partial charge in [0.1, 0.15) is 0 Å². The molecule has 13 heavy (non-hydrogen) atoms. The van der Waals surface area contributed by atoms with Crippen LogP contribution >= 0.6 is 0 Å². The summed E-state index contributed by atoms with van der Waals surface area (Å²) in [6.45, 7) is 2.12. The summed E-state index contributed by atoms with van der Waals surface area (Å²) in [5.41, 5.74) is 8.75. The van der Waals surface area contributed by atoms with E-state index in [2.05, 4.69) is 31.2 Å². The average molecular weight is 175 g/mol. The molecule has 1 heteroatoms. The van der Waals surface area contributed by atoms with E-state index < -0.39 is 0 Å². The van der Waals surface area contributed by atoms with Gasteiger partial charge in [-0.2, -0.15) is 0 Å². The second kappa shape index (κ2) is 3.51. The molecule has 0 bridgehead atoms. The fourth-order valence-corrected chi connectivity index (χ4v) is 1.69. The van der Waals surface area contributed by atoms with Gasteiger partial charge in [-0.25, -0.2) is 0 Å². The van der Waals surface area contributed by atoms with E-state index in [9.17, 15) is 0 Å². The molecule has 0 saturated heterocycles. The molecular formula is C12H17N. The lowest BCUT2D eigenvalue weighted by Crippen LogP contribution is -2.24. The Morgan fingerprint density at radius 1 is 1.31 bits per heavy atom. The van der Waals surface area contributed by atoms with Crippen molar-refractivity contribution in [1.29, 1.82) is 0 Å². The Balaban J connectivity index is 1.96. The van der Waals surface area contributed by atoms with E-state index >= 15 is 0 Å². The van der Waals surface area contributed by atoms with Gasteiger partial charge in [-0.05, 0) is 37.7 Å². The molecule has 1 aliphatic rings. The monoisotopic (exact) mass is 175 g/mol. The third-order valence-corrected chi connectivity index (χ3v) is 2.82. The highest BCUT2D eigenvalue weighted by atomic mass is 14.7. The lowest BCUT2D eigenvalue weighted by Gasteiger charge is -2.09. The van der Waals surface area contributed by atoms with Crippen LogP contribution in [-0.2, 0) is 6.42 Å². The molecule has 0 amide bonds. The summed E-state index contributed by atoms with van der Waals surface area (Å²) in [6, 6.07) is 9.10. The minimum atomic E-state index is 0.391. The molecule has 70 valence electrons. The molecule has 0 spiro atoms. The van der Waals surface area contributed by atoms with Crippen LogP contribution in [0.4, 0.5) is 0 Å². The van der Waals surface area contributed by atoms with E-state index in [1.165, 1.54) is 24.0 Å². The van der Waals surface area contributed by atoms with Gasteiger partial charge in [-0.15, -0.1) is 0 Å². The smallest absolute Gasteiger partial charge is 0.0108 e. The highest BCUT2D eigenvalue weighted by Crippen LogP contribution is 2.32. The minimum absolute atomic E-state index is 0.391. The lowest BCUT2D eigenvalue weighted by molar-refractivity contribution is 0.591. The van der Waals surface area contributed by atoms with E-state index in [4.69, 9.17) is 5.73 Å². The van der Waals surface area contributed by atoms with Gasteiger partial charge in [0, 0.05) is 6.04 Å². The molecule has 1 atom stereocenters. The molecule has 2 rings (SSSR count). The largest absolute Gasteiger partial charge is 0.327 e. The predicted octanol–water partition coefficient (Wildman–Crippen LogP) is 2.27. The molecule has 0 aromatic heterocycles. The van der Waals surface area contributed by atoms with Crippen LogP contribution < -0.4 is 5.73 Å². The van der Waals surface area contributed by atoms with E-state index in [0.717, 1.165) is 12.3 Å². The number of benzene rings is 1. The molecule has 0 radical (unpaired) electrons. The zero-order valence-corrected chi connectivity index (χ0v) is 8.16. The average Bonchev–Trinajstić information content (AvgIpc) is 2.91. The van der Waals surface area contributed by atoms with Crippen LogP contribution in [0.1, 0.15) is 24.0 Å². The summed E-state index contributed by atoms with van der Waals surface area (Å²) >= 11 is 0. The maximum atomic E-state index is 6.05. The van der Waals surface area contributed by atoms with Crippen LogP contribution in [0.5, 0.6) is 0 Å². The van der Waals surface area contributed by atoms with Crippen molar-refractivity contribution in [3.8, 4) is 0 Å². The molecule has 0 aliphatic heterocycles. The normalized spacial score (nSPS) is 18.6. The van der Waals surface area contributed by atoms with Crippen LogP contribution in [0.3, 0.4) is 0 Å². The number of hydrogen-bond donors (Lipinski definition) is 1. The molecule has 1 saturated carbocycles. The van der Waals surface area contributed by atoms with Gasteiger partial charge in [-0.3, -0.25) is 0 Å². The van der Waals surface area contributed by atoms with Crippen molar-refractivity contribution in [3.63, 3.8) is 0 Å². The van der Waals surface area contributed by atoms with Gasteiger partial charge >= 0.3 is 0 Å². The molecular weight excluding hydrogens is 158 g/mol. The standard InChI is InChI=1S/C12H17N/c1-9-2-4-10(5-3-9)8-12(13)11-6-7-11/h2-5,11-12H,6-8,13H2,1H3. The maximum Gasteiger partial charge on any atom is 0.0108 e. The van der Waals surface area contributed by atoms with Crippen molar-refractivity contribution in [2.45, 2.75) is 32.2 Å². The first-order valence-electron chi connectivity index (χ1n) is 5.07. The summed E-state index contributed by atoms with van der Waals surface area (Å²) in [7, 11) is 0. The van der Waals surface area contributed by atoms with Crippen molar-refractivity contribution in [2.75, 3.05) is 0 Å². The Kier molecular flexibility index (Phi) is 2.36. The van der Waals surface area contributed by atoms with Gasteiger partial charge in [-0.1, -0.05) is 29.8 Å².